The standard InChI is InChI=1S/C14H20N4/c1-2-17-11-15-8-14(17)10-18-7-3-4-13(18)9-16-12-5-6-12/h3-4,7-8,11-12,16H,2,5-6,9-10H2,1H3. The first-order chi connectivity index (χ1) is 8.86. The molecule has 3 rings (SSSR count). The predicted octanol–water partition coefficient (Wildman–Crippen LogP) is 2.00. The molecule has 0 saturated heterocycles. The minimum atomic E-state index is 0.759. The van der Waals surface area contributed by atoms with Crippen LogP contribution in [0.4, 0.5) is 0 Å². The minimum Gasteiger partial charge on any atom is -0.344 e. The van der Waals surface area contributed by atoms with Crippen LogP contribution in [0.5, 0.6) is 0 Å². The van der Waals surface area contributed by atoms with Gasteiger partial charge in [0.1, 0.15) is 0 Å². The zero-order valence-corrected chi connectivity index (χ0v) is 10.8. The minimum absolute atomic E-state index is 0.759. The molecule has 1 saturated carbocycles. The second-order valence-corrected chi connectivity index (χ2v) is 4.95. The number of nitrogens with zero attached hydrogens (tertiary/aromatic N) is 3. The topological polar surface area (TPSA) is 34.8 Å². The molecule has 96 valence electrons. The highest BCUT2D eigenvalue weighted by atomic mass is 15.1. The molecule has 4 nitrogen and oxygen atoms in total. The lowest BCUT2D eigenvalue weighted by molar-refractivity contribution is 0.612. The smallest absolute Gasteiger partial charge is 0.0948 e. The van der Waals surface area contributed by atoms with Gasteiger partial charge in [0.25, 0.3) is 0 Å². The van der Waals surface area contributed by atoms with Crippen LogP contribution in [0.25, 0.3) is 0 Å². The maximum absolute atomic E-state index is 4.22. The summed E-state index contributed by atoms with van der Waals surface area (Å²) in [4.78, 5) is 4.22. The molecule has 0 unspecified atom stereocenters. The Kier molecular flexibility index (Phi) is 3.19. The normalized spacial score (nSPS) is 15.2. The van der Waals surface area contributed by atoms with Crippen LogP contribution < -0.4 is 5.32 Å². The monoisotopic (exact) mass is 244 g/mol. The van der Waals surface area contributed by atoms with E-state index in [2.05, 4.69) is 44.7 Å². The lowest BCUT2D eigenvalue weighted by atomic mass is 10.4. The molecule has 1 N–H and O–H groups in total. The Morgan fingerprint density at radius 1 is 1.33 bits per heavy atom. The van der Waals surface area contributed by atoms with E-state index >= 15 is 0 Å². The van der Waals surface area contributed by atoms with Crippen LogP contribution >= 0.6 is 0 Å². The van der Waals surface area contributed by atoms with Crippen molar-refractivity contribution in [3.05, 3.63) is 42.2 Å². The van der Waals surface area contributed by atoms with E-state index < -0.39 is 0 Å². The number of nitrogens with one attached hydrogen (secondary N) is 1. The van der Waals surface area contributed by atoms with Crippen LogP contribution in [-0.2, 0) is 19.6 Å². The van der Waals surface area contributed by atoms with Crippen molar-refractivity contribution in [2.45, 2.75) is 45.4 Å². The maximum Gasteiger partial charge on any atom is 0.0948 e. The van der Waals surface area contributed by atoms with E-state index in [0.717, 1.165) is 25.7 Å². The molecule has 2 aromatic rings. The molecule has 0 radical (unpaired) electrons. The SMILES string of the molecule is CCn1cncc1Cn1cccc1CNC1CC1. The number of aryl methyl sites for hydroxylation is 1. The van der Waals surface area contributed by atoms with Crippen LogP contribution in [0.2, 0.25) is 0 Å². The first-order valence-corrected chi connectivity index (χ1v) is 6.73. The Labute approximate surface area is 108 Å². The van der Waals surface area contributed by atoms with Gasteiger partial charge in [0.15, 0.2) is 0 Å². The maximum atomic E-state index is 4.22. The third kappa shape index (κ3) is 2.48. The van der Waals surface area contributed by atoms with Crippen molar-refractivity contribution >= 4 is 0 Å². The summed E-state index contributed by atoms with van der Waals surface area (Å²) < 4.78 is 4.50. The van der Waals surface area contributed by atoms with Crippen LogP contribution in [0, 0.1) is 0 Å². The molecular weight excluding hydrogens is 224 g/mol. The van der Waals surface area contributed by atoms with Crippen molar-refractivity contribution in [3.63, 3.8) is 0 Å². The van der Waals surface area contributed by atoms with Gasteiger partial charge in [-0.25, -0.2) is 4.98 Å². The summed E-state index contributed by atoms with van der Waals surface area (Å²) in [7, 11) is 0. The lowest BCUT2D eigenvalue weighted by Gasteiger charge is -2.11. The van der Waals surface area contributed by atoms with Gasteiger partial charge in [0.05, 0.1) is 18.6 Å². The molecule has 0 aromatic carbocycles. The molecule has 1 fully saturated rings. The van der Waals surface area contributed by atoms with Crippen molar-refractivity contribution in [3.8, 4) is 0 Å². The first kappa shape index (κ1) is 11.5. The summed E-state index contributed by atoms with van der Waals surface area (Å²) >= 11 is 0. The van der Waals surface area contributed by atoms with Gasteiger partial charge in [0.2, 0.25) is 0 Å². The molecule has 18 heavy (non-hydrogen) atoms. The van der Waals surface area contributed by atoms with Gasteiger partial charge >= 0.3 is 0 Å². The van der Waals surface area contributed by atoms with Crippen LogP contribution in [0.3, 0.4) is 0 Å². The molecule has 0 spiro atoms. The van der Waals surface area contributed by atoms with Crippen molar-refractivity contribution in [1.82, 2.24) is 19.4 Å². The predicted molar refractivity (Wildman–Crippen MR) is 71.3 cm³/mol. The van der Waals surface area contributed by atoms with E-state index in [1.165, 1.54) is 24.2 Å². The van der Waals surface area contributed by atoms with E-state index in [4.69, 9.17) is 0 Å². The molecule has 1 aliphatic rings. The zero-order chi connectivity index (χ0) is 12.4. The number of hydrogen-bond acceptors (Lipinski definition) is 2. The van der Waals surface area contributed by atoms with Crippen LogP contribution in [0.15, 0.2) is 30.9 Å². The van der Waals surface area contributed by atoms with Crippen molar-refractivity contribution in [2.24, 2.45) is 0 Å². The van der Waals surface area contributed by atoms with E-state index in [1.807, 2.05) is 12.5 Å². The van der Waals surface area contributed by atoms with Gasteiger partial charge < -0.3 is 14.5 Å². The van der Waals surface area contributed by atoms with Crippen molar-refractivity contribution < 1.29 is 0 Å². The second-order valence-electron chi connectivity index (χ2n) is 4.95. The average Bonchev–Trinajstić information content (AvgIpc) is 2.94. The summed E-state index contributed by atoms with van der Waals surface area (Å²) in [5.41, 5.74) is 2.62. The first-order valence-electron chi connectivity index (χ1n) is 6.73. The van der Waals surface area contributed by atoms with Crippen molar-refractivity contribution in [1.29, 1.82) is 0 Å². The highest BCUT2D eigenvalue weighted by Gasteiger charge is 2.20. The highest BCUT2D eigenvalue weighted by Crippen LogP contribution is 2.19. The summed E-state index contributed by atoms with van der Waals surface area (Å²) in [5.74, 6) is 0. The fraction of sp³-hybridized carbons (Fsp3) is 0.500. The molecule has 2 aromatic heterocycles. The number of aromatic nitrogens is 3. The Morgan fingerprint density at radius 3 is 3.00 bits per heavy atom. The van der Waals surface area contributed by atoms with Gasteiger partial charge in [-0.2, -0.15) is 0 Å². The Bertz CT molecular complexity index is 507. The number of hydrogen-bond donors (Lipinski definition) is 1. The lowest BCUT2D eigenvalue weighted by Crippen LogP contribution is -2.18. The number of imidazole rings is 1. The second kappa shape index (κ2) is 4.98. The van der Waals surface area contributed by atoms with Crippen molar-refractivity contribution in [2.75, 3.05) is 0 Å². The molecular formula is C14H20N4. The Morgan fingerprint density at radius 2 is 2.22 bits per heavy atom. The third-order valence-corrected chi connectivity index (χ3v) is 3.54. The summed E-state index contributed by atoms with van der Waals surface area (Å²) in [5, 5.41) is 3.56. The largest absolute Gasteiger partial charge is 0.344 e. The molecule has 2 heterocycles. The third-order valence-electron chi connectivity index (χ3n) is 3.54. The van der Waals surface area contributed by atoms with Gasteiger partial charge in [-0.3, -0.25) is 0 Å². The fourth-order valence-electron chi connectivity index (χ4n) is 2.24. The van der Waals surface area contributed by atoms with E-state index in [9.17, 15) is 0 Å². The van der Waals surface area contributed by atoms with E-state index in [1.54, 1.807) is 0 Å². The van der Waals surface area contributed by atoms with Crippen LogP contribution in [-0.4, -0.2) is 20.2 Å². The summed E-state index contributed by atoms with van der Waals surface area (Å²) in [6.45, 7) is 5.00. The fourth-order valence-corrected chi connectivity index (χ4v) is 2.24. The Hall–Kier alpha value is -1.55. The van der Waals surface area contributed by atoms with Crippen LogP contribution in [0.1, 0.15) is 31.2 Å². The molecule has 0 bridgehead atoms. The van der Waals surface area contributed by atoms with Gasteiger partial charge in [-0.05, 0) is 31.9 Å². The average molecular weight is 244 g/mol. The summed E-state index contributed by atoms with van der Waals surface area (Å²) in [6.07, 6.45) is 8.69. The quantitative estimate of drug-likeness (QED) is 0.843. The Balaban J connectivity index is 1.69. The molecule has 0 atom stereocenters. The highest BCUT2D eigenvalue weighted by molar-refractivity contribution is 5.11. The van der Waals surface area contributed by atoms with E-state index in [0.29, 0.717) is 0 Å². The molecule has 4 heteroatoms. The van der Waals surface area contributed by atoms with Gasteiger partial charge in [-0.1, -0.05) is 0 Å². The van der Waals surface area contributed by atoms with Gasteiger partial charge in [-0.15, -0.1) is 0 Å². The van der Waals surface area contributed by atoms with E-state index in [-0.39, 0.29) is 0 Å². The molecule has 0 aliphatic heterocycles. The number of rotatable bonds is 6. The molecule has 1 aliphatic carbocycles. The zero-order valence-electron chi connectivity index (χ0n) is 10.8. The molecule has 0 amide bonds. The summed E-state index contributed by atoms with van der Waals surface area (Å²) in [6, 6.07) is 5.08. The van der Waals surface area contributed by atoms with Gasteiger partial charge in [0, 0.05) is 37.2 Å².